The van der Waals surface area contributed by atoms with Gasteiger partial charge in [0.2, 0.25) is 5.91 Å². The topological polar surface area (TPSA) is 69.8 Å². The van der Waals surface area contributed by atoms with Crippen molar-refractivity contribution in [2.75, 3.05) is 32.7 Å². The molecule has 28 heavy (non-hydrogen) atoms. The van der Waals surface area contributed by atoms with Crippen LogP contribution in [0.1, 0.15) is 44.2 Å². The lowest BCUT2D eigenvalue weighted by atomic mass is 9.81. The molecule has 1 saturated carbocycles. The molecule has 1 aromatic carbocycles. The minimum Gasteiger partial charge on any atom is -0.393 e. The van der Waals surface area contributed by atoms with Gasteiger partial charge >= 0.3 is 0 Å². The van der Waals surface area contributed by atoms with Gasteiger partial charge in [-0.05, 0) is 57.8 Å². The van der Waals surface area contributed by atoms with Crippen molar-refractivity contribution >= 4 is 16.9 Å². The highest BCUT2D eigenvalue weighted by atomic mass is 19.1. The van der Waals surface area contributed by atoms with Crippen LogP contribution in [0.25, 0.3) is 11.0 Å². The van der Waals surface area contributed by atoms with Crippen molar-refractivity contribution in [2.24, 2.45) is 5.92 Å². The summed E-state index contributed by atoms with van der Waals surface area (Å²) in [6.07, 6.45) is 2.88. The molecule has 7 heteroatoms. The Morgan fingerprint density at radius 2 is 2.11 bits per heavy atom. The molecule has 0 atom stereocenters. The number of carbonyl (C=O) groups excluding carboxylic acids is 1. The van der Waals surface area contributed by atoms with Gasteiger partial charge in [0.05, 0.1) is 11.8 Å². The van der Waals surface area contributed by atoms with E-state index in [1.54, 1.807) is 6.07 Å². The van der Waals surface area contributed by atoms with Crippen LogP contribution < -0.4 is 0 Å². The first-order chi connectivity index (χ1) is 13.5. The molecule has 1 saturated heterocycles. The molecule has 152 valence electrons. The van der Waals surface area contributed by atoms with Crippen LogP contribution in [-0.2, 0) is 4.79 Å². The van der Waals surface area contributed by atoms with E-state index in [4.69, 9.17) is 4.52 Å². The smallest absolute Gasteiger partial charge is 0.225 e. The fourth-order valence-electron chi connectivity index (χ4n) is 4.39. The molecule has 1 aromatic heterocycles. The van der Waals surface area contributed by atoms with Gasteiger partial charge in [-0.25, -0.2) is 4.39 Å². The Balaban J connectivity index is 1.28. The van der Waals surface area contributed by atoms with E-state index in [1.807, 2.05) is 11.8 Å². The average molecular weight is 389 g/mol. The molecule has 0 spiro atoms. The minimum atomic E-state index is -0.309. The Hall–Kier alpha value is -1.99. The van der Waals surface area contributed by atoms with E-state index in [9.17, 15) is 14.3 Å². The fraction of sp³-hybridized carbons (Fsp3) is 0.619. The van der Waals surface area contributed by atoms with Crippen LogP contribution in [0, 0.1) is 11.7 Å². The van der Waals surface area contributed by atoms with Crippen LogP contribution in [-0.4, -0.2) is 64.8 Å². The molecule has 0 bridgehead atoms. The number of rotatable bonds is 6. The Morgan fingerprint density at radius 3 is 2.79 bits per heavy atom. The van der Waals surface area contributed by atoms with Crippen molar-refractivity contribution in [3.8, 4) is 0 Å². The number of likely N-dealkylation sites (N-methyl/N-ethyl adjacent to an activating group) is 1. The summed E-state index contributed by atoms with van der Waals surface area (Å²) >= 11 is 0. The zero-order valence-electron chi connectivity index (χ0n) is 16.3. The Kier molecular flexibility index (Phi) is 5.64. The van der Waals surface area contributed by atoms with E-state index in [0.29, 0.717) is 30.9 Å². The molecule has 4 rings (SSSR count). The van der Waals surface area contributed by atoms with E-state index >= 15 is 0 Å². The van der Waals surface area contributed by atoms with E-state index in [2.05, 4.69) is 10.1 Å². The lowest BCUT2D eigenvalue weighted by molar-refractivity contribution is -0.142. The predicted molar refractivity (Wildman–Crippen MR) is 103 cm³/mol. The summed E-state index contributed by atoms with van der Waals surface area (Å²) in [5.41, 5.74) is 1.44. The van der Waals surface area contributed by atoms with Gasteiger partial charge in [-0.2, -0.15) is 0 Å². The normalized spacial score (nSPS) is 23.7. The number of piperidine rings is 1. The van der Waals surface area contributed by atoms with Gasteiger partial charge in [0.15, 0.2) is 5.58 Å². The SMILES string of the molecule is CCN(CCN1CCC(c2noc3cc(F)ccc23)CC1)C(=O)C1CC(O)C1. The standard InChI is InChI=1S/C21H28FN3O3/c1-2-25(21(27)15-11-17(26)12-15)10-9-24-7-5-14(6-8-24)20-18-4-3-16(22)13-19(18)28-23-20/h3-4,13-15,17,26H,2,5-12H2,1H3. The molecule has 1 amide bonds. The second-order valence-electron chi connectivity index (χ2n) is 8.06. The molecule has 0 radical (unpaired) electrons. The maximum Gasteiger partial charge on any atom is 0.225 e. The highest BCUT2D eigenvalue weighted by molar-refractivity contribution is 5.80. The first-order valence-corrected chi connectivity index (χ1v) is 10.3. The zero-order chi connectivity index (χ0) is 19.7. The molecule has 2 aliphatic rings. The number of aliphatic hydroxyl groups is 1. The number of nitrogens with zero attached hydrogens (tertiary/aromatic N) is 3. The van der Waals surface area contributed by atoms with Gasteiger partial charge in [0.25, 0.3) is 0 Å². The third-order valence-electron chi connectivity index (χ3n) is 6.28. The van der Waals surface area contributed by atoms with E-state index < -0.39 is 0 Å². The number of amides is 1. The van der Waals surface area contributed by atoms with Crippen LogP contribution in [0.2, 0.25) is 0 Å². The second kappa shape index (κ2) is 8.17. The number of benzene rings is 1. The van der Waals surface area contributed by atoms with Crippen molar-refractivity contribution in [2.45, 2.75) is 44.6 Å². The zero-order valence-corrected chi connectivity index (χ0v) is 16.3. The van der Waals surface area contributed by atoms with Gasteiger partial charge in [-0.3, -0.25) is 4.79 Å². The number of aromatic nitrogens is 1. The average Bonchev–Trinajstić information content (AvgIpc) is 3.09. The molecule has 6 nitrogen and oxygen atoms in total. The van der Waals surface area contributed by atoms with Crippen LogP contribution >= 0.6 is 0 Å². The van der Waals surface area contributed by atoms with Gasteiger partial charge in [-0.1, -0.05) is 5.16 Å². The van der Waals surface area contributed by atoms with Crippen LogP contribution in [0.15, 0.2) is 22.7 Å². The summed E-state index contributed by atoms with van der Waals surface area (Å²) in [4.78, 5) is 16.8. The maximum absolute atomic E-state index is 13.3. The second-order valence-corrected chi connectivity index (χ2v) is 8.06. The van der Waals surface area contributed by atoms with Gasteiger partial charge in [0.1, 0.15) is 5.82 Å². The van der Waals surface area contributed by atoms with Crippen molar-refractivity contribution in [3.05, 3.63) is 29.7 Å². The Morgan fingerprint density at radius 1 is 1.36 bits per heavy atom. The number of carbonyl (C=O) groups is 1. The Labute approximate surface area is 164 Å². The number of likely N-dealkylation sites (tertiary alicyclic amines) is 1. The fourth-order valence-corrected chi connectivity index (χ4v) is 4.39. The summed E-state index contributed by atoms with van der Waals surface area (Å²) in [6.45, 7) is 6.23. The molecule has 2 fully saturated rings. The molecule has 1 N–H and O–H groups in total. The minimum absolute atomic E-state index is 0.00553. The summed E-state index contributed by atoms with van der Waals surface area (Å²) in [5, 5.41) is 14.5. The lowest BCUT2D eigenvalue weighted by Crippen LogP contribution is -2.47. The molecule has 1 aliphatic carbocycles. The number of hydrogen-bond donors (Lipinski definition) is 1. The highest BCUT2D eigenvalue weighted by Crippen LogP contribution is 2.33. The van der Waals surface area contributed by atoms with Crippen LogP contribution in [0.4, 0.5) is 4.39 Å². The molecular weight excluding hydrogens is 361 g/mol. The van der Waals surface area contributed by atoms with Gasteiger partial charge < -0.3 is 19.4 Å². The molecule has 1 aliphatic heterocycles. The lowest BCUT2D eigenvalue weighted by Gasteiger charge is -2.36. The summed E-state index contributed by atoms with van der Waals surface area (Å²) in [7, 11) is 0. The summed E-state index contributed by atoms with van der Waals surface area (Å²) in [6, 6.07) is 4.60. The van der Waals surface area contributed by atoms with Gasteiger partial charge in [-0.15, -0.1) is 0 Å². The molecular formula is C21H28FN3O3. The van der Waals surface area contributed by atoms with E-state index in [0.717, 1.165) is 50.1 Å². The van der Waals surface area contributed by atoms with E-state index in [1.165, 1.54) is 12.1 Å². The van der Waals surface area contributed by atoms with E-state index in [-0.39, 0.29) is 23.7 Å². The number of aliphatic hydroxyl groups excluding tert-OH is 1. The van der Waals surface area contributed by atoms with Crippen molar-refractivity contribution in [3.63, 3.8) is 0 Å². The van der Waals surface area contributed by atoms with Crippen LogP contribution in [0.5, 0.6) is 0 Å². The molecule has 0 unspecified atom stereocenters. The quantitative estimate of drug-likeness (QED) is 0.823. The first kappa shape index (κ1) is 19.3. The number of halogens is 1. The number of fused-ring (bicyclic) bond motifs is 1. The van der Waals surface area contributed by atoms with Gasteiger partial charge in [0, 0.05) is 42.9 Å². The highest BCUT2D eigenvalue weighted by Gasteiger charge is 2.35. The van der Waals surface area contributed by atoms with Crippen molar-refractivity contribution in [1.82, 2.24) is 15.0 Å². The monoisotopic (exact) mass is 389 g/mol. The summed E-state index contributed by atoms with van der Waals surface area (Å²) in [5.74, 6) is 0.203. The maximum atomic E-state index is 13.3. The Bertz CT molecular complexity index is 825. The largest absolute Gasteiger partial charge is 0.393 e. The summed E-state index contributed by atoms with van der Waals surface area (Å²) < 4.78 is 18.6. The third kappa shape index (κ3) is 3.91. The number of hydrogen-bond acceptors (Lipinski definition) is 5. The molecule has 2 heterocycles. The van der Waals surface area contributed by atoms with Crippen LogP contribution in [0.3, 0.4) is 0 Å². The molecule has 2 aromatic rings. The third-order valence-corrected chi connectivity index (χ3v) is 6.28. The van der Waals surface area contributed by atoms with Crippen molar-refractivity contribution in [1.29, 1.82) is 0 Å². The predicted octanol–water partition coefficient (Wildman–Crippen LogP) is 2.77. The van der Waals surface area contributed by atoms with Crippen molar-refractivity contribution < 1.29 is 18.8 Å². The first-order valence-electron chi connectivity index (χ1n) is 10.3.